The summed E-state index contributed by atoms with van der Waals surface area (Å²) in [5.74, 6) is 0.628. The zero-order chi connectivity index (χ0) is 11.2. The Balaban J connectivity index is 3.64. The lowest BCUT2D eigenvalue weighted by molar-refractivity contribution is 0.611. The van der Waals surface area contributed by atoms with Gasteiger partial charge in [-0.15, -0.1) is 0 Å². The Morgan fingerprint density at radius 2 is 1.93 bits per heavy atom. The minimum atomic E-state index is 0.240. The summed E-state index contributed by atoms with van der Waals surface area (Å²) in [4.78, 5) is 0. The van der Waals surface area contributed by atoms with Crippen LogP contribution in [0.2, 0.25) is 0 Å². The first-order chi connectivity index (χ1) is 6.37. The van der Waals surface area contributed by atoms with Crippen molar-refractivity contribution >= 4 is 29.1 Å². The van der Waals surface area contributed by atoms with Crippen molar-refractivity contribution in [3.63, 3.8) is 0 Å². The Kier molecular flexibility index (Phi) is 6.53. The Morgan fingerprint density at radius 3 is 2.36 bits per heavy atom. The molecule has 0 bridgehead atoms. The number of nitrogens with one attached hydrogen (secondary N) is 2. The molecule has 0 aromatic heterocycles. The maximum absolute atomic E-state index is 5.16. The van der Waals surface area contributed by atoms with Crippen LogP contribution in [0, 0.1) is 5.92 Å². The molecule has 14 heavy (non-hydrogen) atoms. The molecule has 0 fully saturated rings. The second-order valence-corrected chi connectivity index (χ2v) is 6.34. The van der Waals surface area contributed by atoms with E-state index in [1.165, 1.54) is 0 Å². The summed E-state index contributed by atoms with van der Waals surface area (Å²) in [6.45, 7) is 10.6. The van der Waals surface area contributed by atoms with E-state index in [4.69, 9.17) is 12.2 Å². The fourth-order valence-electron chi connectivity index (χ4n) is 0.725. The van der Waals surface area contributed by atoms with Crippen LogP contribution < -0.4 is 10.6 Å². The molecule has 2 nitrogen and oxygen atoms in total. The summed E-state index contributed by atoms with van der Waals surface area (Å²) in [6, 6.07) is 0. The molecule has 0 aromatic rings. The standard InChI is InChI=1S/C10H22N2S2/c1-8(2)6-11-9(13)12-7-10(3,4)14-5/h8H,6-7H2,1-5H3,(H2,11,12,13). The number of hydrogen-bond acceptors (Lipinski definition) is 2. The highest BCUT2D eigenvalue weighted by Crippen LogP contribution is 2.19. The van der Waals surface area contributed by atoms with Crippen LogP contribution in [0.3, 0.4) is 0 Å². The zero-order valence-corrected chi connectivity index (χ0v) is 11.4. The molecule has 0 amide bonds. The fourth-order valence-corrected chi connectivity index (χ4v) is 1.10. The highest BCUT2D eigenvalue weighted by atomic mass is 32.2. The van der Waals surface area contributed by atoms with Gasteiger partial charge in [0.25, 0.3) is 0 Å². The second-order valence-electron chi connectivity index (χ2n) is 4.42. The van der Waals surface area contributed by atoms with Gasteiger partial charge in [0.1, 0.15) is 0 Å². The van der Waals surface area contributed by atoms with Gasteiger partial charge in [-0.05, 0) is 38.2 Å². The molecule has 0 aliphatic heterocycles. The van der Waals surface area contributed by atoms with Gasteiger partial charge in [0, 0.05) is 17.8 Å². The average molecular weight is 234 g/mol. The Morgan fingerprint density at radius 1 is 1.36 bits per heavy atom. The molecule has 0 radical (unpaired) electrons. The smallest absolute Gasteiger partial charge is 0.166 e. The molecule has 0 unspecified atom stereocenters. The first-order valence-electron chi connectivity index (χ1n) is 4.94. The molecule has 2 N–H and O–H groups in total. The monoisotopic (exact) mass is 234 g/mol. The summed E-state index contributed by atoms with van der Waals surface area (Å²) >= 11 is 7.00. The van der Waals surface area contributed by atoms with Gasteiger partial charge in [-0.2, -0.15) is 11.8 Å². The van der Waals surface area contributed by atoms with E-state index in [1.54, 1.807) is 0 Å². The molecule has 0 aliphatic carbocycles. The lowest BCUT2D eigenvalue weighted by Crippen LogP contribution is -2.42. The van der Waals surface area contributed by atoms with Crippen LogP contribution in [-0.2, 0) is 0 Å². The van der Waals surface area contributed by atoms with Gasteiger partial charge in [0.15, 0.2) is 5.11 Å². The van der Waals surface area contributed by atoms with Crippen molar-refractivity contribution in [2.75, 3.05) is 19.3 Å². The van der Waals surface area contributed by atoms with Gasteiger partial charge in [0.2, 0.25) is 0 Å². The van der Waals surface area contributed by atoms with Gasteiger partial charge < -0.3 is 10.6 Å². The lowest BCUT2D eigenvalue weighted by Gasteiger charge is -2.23. The minimum Gasteiger partial charge on any atom is -0.362 e. The summed E-state index contributed by atoms with van der Waals surface area (Å²) < 4.78 is 0.240. The fraction of sp³-hybridized carbons (Fsp3) is 0.900. The van der Waals surface area contributed by atoms with Crippen LogP contribution >= 0.6 is 24.0 Å². The summed E-state index contributed by atoms with van der Waals surface area (Å²) in [6.07, 6.45) is 2.12. The molecule has 0 rings (SSSR count). The van der Waals surface area contributed by atoms with Crippen LogP contribution in [0.1, 0.15) is 27.7 Å². The molecule has 0 aliphatic rings. The van der Waals surface area contributed by atoms with Crippen LogP contribution in [0.15, 0.2) is 0 Å². The summed E-state index contributed by atoms with van der Waals surface area (Å²) in [5.41, 5.74) is 0. The van der Waals surface area contributed by atoms with E-state index < -0.39 is 0 Å². The van der Waals surface area contributed by atoms with Crippen LogP contribution in [0.5, 0.6) is 0 Å². The number of rotatable bonds is 5. The Hall–Kier alpha value is 0.0400. The quantitative estimate of drug-likeness (QED) is 0.713. The summed E-state index contributed by atoms with van der Waals surface area (Å²) in [7, 11) is 0. The van der Waals surface area contributed by atoms with E-state index in [2.05, 4.69) is 44.6 Å². The van der Waals surface area contributed by atoms with E-state index in [9.17, 15) is 0 Å². The molecular weight excluding hydrogens is 212 g/mol. The normalized spacial score (nSPS) is 11.6. The molecule has 0 saturated carbocycles. The number of thiocarbonyl (C=S) groups is 1. The Bertz CT molecular complexity index is 179. The second kappa shape index (κ2) is 6.51. The molecule has 0 spiro atoms. The van der Waals surface area contributed by atoms with Gasteiger partial charge >= 0.3 is 0 Å². The van der Waals surface area contributed by atoms with Crippen LogP contribution in [0.4, 0.5) is 0 Å². The van der Waals surface area contributed by atoms with Gasteiger partial charge in [0.05, 0.1) is 0 Å². The van der Waals surface area contributed by atoms with Crippen molar-refractivity contribution in [2.45, 2.75) is 32.4 Å². The third-order valence-corrected chi connectivity index (χ3v) is 3.44. The topological polar surface area (TPSA) is 24.1 Å². The number of hydrogen-bond donors (Lipinski definition) is 2. The predicted octanol–water partition coefficient (Wildman–Crippen LogP) is 2.25. The van der Waals surface area contributed by atoms with Crippen molar-refractivity contribution < 1.29 is 0 Å². The van der Waals surface area contributed by atoms with E-state index in [0.717, 1.165) is 18.2 Å². The van der Waals surface area contributed by atoms with Crippen molar-refractivity contribution in [3.05, 3.63) is 0 Å². The van der Waals surface area contributed by atoms with Crippen LogP contribution in [-0.4, -0.2) is 29.2 Å². The highest BCUT2D eigenvalue weighted by molar-refractivity contribution is 7.99. The van der Waals surface area contributed by atoms with E-state index in [-0.39, 0.29) is 4.75 Å². The predicted molar refractivity (Wildman–Crippen MR) is 71.0 cm³/mol. The first kappa shape index (κ1) is 14.0. The van der Waals surface area contributed by atoms with Crippen molar-refractivity contribution in [2.24, 2.45) is 5.92 Å². The third-order valence-electron chi connectivity index (χ3n) is 1.90. The molecular formula is C10H22N2S2. The third kappa shape index (κ3) is 7.44. The van der Waals surface area contributed by atoms with Crippen molar-refractivity contribution in [3.8, 4) is 0 Å². The van der Waals surface area contributed by atoms with Gasteiger partial charge in [-0.3, -0.25) is 0 Å². The van der Waals surface area contributed by atoms with Gasteiger partial charge in [-0.25, -0.2) is 0 Å². The Labute approximate surface area is 97.6 Å². The number of thioether (sulfide) groups is 1. The molecule has 4 heteroatoms. The maximum Gasteiger partial charge on any atom is 0.166 e. The minimum absolute atomic E-state index is 0.240. The SMILES string of the molecule is CSC(C)(C)CNC(=S)NCC(C)C. The average Bonchev–Trinajstić information content (AvgIpc) is 2.11. The molecule has 0 saturated heterocycles. The maximum atomic E-state index is 5.16. The first-order valence-corrected chi connectivity index (χ1v) is 6.57. The van der Waals surface area contributed by atoms with E-state index in [0.29, 0.717) is 5.92 Å². The lowest BCUT2D eigenvalue weighted by atomic mass is 10.2. The summed E-state index contributed by atoms with van der Waals surface area (Å²) in [5, 5.41) is 7.18. The van der Waals surface area contributed by atoms with Crippen molar-refractivity contribution in [1.82, 2.24) is 10.6 Å². The molecule has 84 valence electrons. The highest BCUT2D eigenvalue weighted by Gasteiger charge is 2.15. The molecule has 0 atom stereocenters. The van der Waals surface area contributed by atoms with Crippen molar-refractivity contribution in [1.29, 1.82) is 0 Å². The van der Waals surface area contributed by atoms with E-state index >= 15 is 0 Å². The zero-order valence-electron chi connectivity index (χ0n) is 9.81. The van der Waals surface area contributed by atoms with Crippen LogP contribution in [0.25, 0.3) is 0 Å². The molecule has 0 aromatic carbocycles. The molecule has 0 heterocycles. The van der Waals surface area contributed by atoms with E-state index in [1.807, 2.05) is 11.8 Å². The van der Waals surface area contributed by atoms with Gasteiger partial charge in [-0.1, -0.05) is 13.8 Å². The largest absolute Gasteiger partial charge is 0.362 e.